The van der Waals surface area contributed by atoms with Gasteiger partial charge in [-0.1, -0.05) is 18.2 Å². The fraction of sp³-hybridized carbons (Fsp3) is 0.222. The summed E-state index contributed by atoms with van der Waals surface area (Å²) in [5.74, 6) is -0.245. The number of rotatable bonds is 0. The van der Waals surface area contributed by atoms with E-state index < -0.39 is 0 Å². The molecule has 0 saturated heterocycles. The zero-order valence-electron chi connectivity index (χ0n) is 7.78. The average Bonchev–Trinajstić information content (AvgIpc) is 2.07. The summed E-state index contributed by atoms with van der Waals surface area (Å²) >= 11 is 0. The highest BCUT2D eigenvalue weighted by molar-refractivity contribution is 5.65. The van der Waals surface area contributed by atoms with Gasteiger partial charge in [0.15, 0.2) is 0 Å². The van der Waals surface area contributed by atoms with Crippen LogP contribution in [0.2, 0.25) is 0 Å². The number of carbonyl (C=O) groups excluding carboxylic acids is 1. The van der Waals surface area contributed by atoms with Gasteiger partial charge in [0, 0.05) is 12.6 Å². The fourth-order valence-electron chi connectivity index (χ4n) is 0.453. The Bertz CT molecular complexity index is 224. The molecule has 4 heteroatoms. The second kappa shape index (κ2) is 8.55. The van der Waals surface area contributed by atoms with Crippen molar-refractivity contribution in [3.05, 3.63) is 30.3 Å². The largest absolute Gasteiger partial charge is 0.469 e. The molecule has 4 N–H and O–H groups in total. The van der Waals surface area contributed by atoms with E-state index in [2.05, 4.69) is 4.74 Å². The van der Waals surface area contributed by atoms with E-state index in [1.807, 2.05) is 30.3 Å². The molecular formula is C9H15NO3. The van der Waals surface area contributed by atoms with E-state index in [1.54, 1.807) is 0 Å². The molecule has 0 radical (unpaired) electrons. The molecule has 0 heterocycles. The van der Waals surface area contributed by atoms with E-state index in [-0.39, 0.29) is 11.4 Å². The van der Waals surface area contributed by atoms with Crippen molar-refractivity contribution in [1.29, 1.82) is 0 Å². The molecule has 13 heavy (non-hydrogen) atoms. The molecule has 1 rings (SSSR count). The van der Waals surface area contributed by atoms with Crippen LogP contribution in [-0.4, -0.2) is 18.6 Å². The van der Waals surface area contributed by atoms with Crippen LogP contribution < -0.4 is 5.73 Å². The molecular weight excluding hydrogens is 170 g/mol. The smallest absolute Gasteiger partial charge is 0.302 e. The highest BCUT2D eigenvalue weighted by Crippen LogP contribution is 1.95. The van der Waals surface area contributed by atoms with E-state index in [9.17, 15) is 4.79 Å². The van der Waals surface area contributed by atoms with Gasteiger partial charge >= 0.3 is 5.97 Å². The number of esters is 1. The van der Waals surface area contributed by atoms with Crippen molar-refractivity contribution < 1.29 is 15.0 Å². The molecule has 0 fully saturated rings. The number of para-hydroxylation sites is 1. The number of ether oxygens (including phenoxy) is 1. The third-order valence-corrected chi connectivity index (χ3v) is 1.09. The van der Waals surface area contributed by atoms with Crippen LogP contribution in [0.1, 0.15) is 6.92 Å². The van der Waals surface area contributed by atoms with Crippen molar-refractivity contribution >= 4 is 11.7 Å². The van der Waals surface area contributed by atoms with Gasteiger partial charge in [-0.25, -0.2) is 0 Å². The van der Waals surface area contributed by atoms with Crippen molar-refractivity contribution in [3.8, 4) is 0 Å². The third-order valence-electron chi connectivity index (χ3n) is 1.09. The Morgan fingerprint density at radius 1 is 1.31 bits per heavy atom. The van der Waals surface area contributed by atoms with Crippen LogP contribution in [0.25, 0.3) is 0 Å². The lowest BCUT2D eigenvalue weighted by molar-refractivity contribution is -0.137. The van der Waals surface area contributed by atoms with E-state index in [0.29, 0.717) is 0 Å². The second-order valence-electron chi connectivity index (χ2n) is 2.11. The highest BCUT2D eigenvalue weighted by Gasteiger charge is 1.75. The van der Waals surface area contributed by atoms with Crippen LogP contribution in [0.5, 0.6) is 0 Å². The Morgan fingerprint density at radius 3 is 1.85 bits per heavy atom. The van der Waals surface area contributed by atoms with Crippen molar-refractivity contribution in [2.24, 2.45) is 0 Å². The van der Waals surface area contributed by atoms with Gasteiger partial charge in [-0.3, -0.25) is 4.79 Å². The van der Waals surface area contributed by atoms with Crippen LogP contribution in [0.15, 0.2) is 30.3 Å². The number of carbonyl (C=O) groups is 1. The molecule has 0 aliphatic rings. The van der Waals surface area contributed by atoms with E-state index >= 15 is 0 Å². The molecule has 0 aromatic heterocycles. The summed E-state index contributed by atoms with van der Waals surface area (Å²) in [5, 5.41) is 0. The molecule has 0 bridgehead atoms. The van der Waals surface area contributed by atoms with Gasteiger partial charge in [-0.15, -0.1) is 0 Å². The molecule has 0 aliphatic carbocycles. The quantitative estimate of drug-likeness (QED) is 0.475. The first-order chi connectivity index (χ1) is 5.66. The summed E-state index contributed by atoms with van der Waals surface area (Å²) in [6.45, 7) is 1.36. The van der Waals surface area contributed by atoms with Gasteiger partial charge < -0.3 is 15.9 Å². The van der Waals surface area contributed by atoms with E-state index in [0.717, 1.165) is 5.69 Å². The number of anilines is 1. The Morgan fingerprint density at radius 2 is 1.69 bits per heavy atom. The maximum absolute atomic E-state index is 9.59. The summed E-state index contributed by atoms with van der Waals surface area (Å²) in [6.07, 6.45) is 0. The number of nitrogens with two attached hydrogens (primary N) is 1. The van der Waals surface area contributed by atoms with Crippen molar-refractivity contribution in [3.63, 3.8) is 0 Å². The minimum Gasteiger partial charge on any atom is -0.469 e. The molecule has 0 spiro atoms. The van der Waals surface area contributed by atoms with Gasteiger partial charge in [0.25, 0.3) is 0 Å². The minimum atomic E-state index is -0.245. The highest BCUT2D eigenvalue weighted by atomic mass is 16.5. The number of benzene rings is 1. The fourth-order valence-corrected chi connectivity index (χ4v) is 0.453. The summed E-state index contributed by atoms with van der Waals surface area (Å²) in [6, 6.07) is 9.49. The number of methoxy groups -OCH3 is 1. The van der Waals surface area contributed by atoms with Gasteiger partial charge in [-0.05, 0) is 12.1 Å². The van der Waals surface area contributed by atoms with E-state index in [4.69, 9.17) is 5.73 Å². The second-order valence-corrected chi connectivity index (χ2v) is 2.11. The zero-order chi connectivity index (χ0) is 9.40. The maximum atomic E-state index is 9.59. The molecule has 1 aromatic carbocycles. The lowest BCUT2D eigenvalue weighted by Crippen LogP contribution is -1.88. The molecule has 0 unspecified atom stereocenters. The SMILES string of the molecule is COC(C)=O.Nc1ccccc1.O. The minimum absolute atomic E-state index is 0. The predicted octanol–water partition coefficient (Wildman–Crippen LogP) is 0.623. The molecule has 1 aromatic rings. The number of hydrogen-bond donors (Lipinski definition) is 1. The Kier molecular flexibility index (Phi) is 9.20. The zero-order valence-corrected chi connectivity index (χ0v) is 7.78. The third kappa shape index (κ3) is 10.4. The topological polar surface area (TPSA) is 83.8 Å². The molecule has 74 valence electrons. The van der Waals surface area contributed by atoms with Crippen LogP contribution in [0.3, 0.4) is 0 Å². The average molecular weight is 185 g/mol. The van der Waals surface area contributed by atoms with Crippen molar-refractivity contribution in [1.82, 2.24) is 0 Å². The Balaban J connectivity index is 0. The summed E-state index contributed by atoms with van der Waals surface area (Å²) < 4.78 is 4.11. The normalized spacial score (nSPS) is 7.23. The van der Waals surface area contributed by atoms with Gasteiger partial charge in [-0.2, -0.15) is 0 Å². The van der Waals surface area contributed by atoms with Crippen LogP contribution >= 0.6 is 0 Å². The van der Waals surface area contributed by atoms with Crippen LogP contribution in [0.4, 0.5) is 5.69 Å². The molecule has 4 nitrogen and oxygen atoms in total. The molecule has 0 amide bonds. The summed E-state index contributed by atoms with van der Waals surface area (Å²) in [5.41, 5.74) is 6.18. The first-order valence-electron chi connectivity index (χ1n) is 3.52. The molecule has 0 aliphatic heterocycles. The lowest BCUT2D eigenvalue weighted by Gasteiger charge is -1.83. The molecule has 0 saturated carbocycles. The van der Waals surface area contributed by atoms with Crippen LogP contribution in [-0.2, 0) is 9.53 Å². The van der Waals surface area contributed by atoms with Crippen LogP contribution in [0, 0.1) is 0 Å². The van der Waals surface area contributed by atoms with E-state index in [1.165, 1.54) is 14.0 Å². The first-order valence-corrected chi connectivity index (χ1v) is 3.52. The Hall–Kier alpha value is -1.55. The predicted molar refractivity (Wildman–Crippen MR) is 52.2 cm³/mol. The summed E-state index contributed by atoms with van der Waals surface area (Å²) in [4.78, 5) is 9.59. The molecule has 0 atom stereocenters. The lowest BCUT2D eigenvalue weighted by atomic mass is 10.3. The van der Waals surface area contributed by atoms with Crippen molar-refractivity contribution in [2.45, 2.75) is 6.92 Å². The maximum Gasteiger partial charge on any atom is 0.302 e. The number of hydrogen-bond acceptors (Lipinski definition) is 3. The van der Waals surface area contributed by atoms with Crippen molar-refractivity contribution in [2.75, 3.05) is 12.8 Å². The Labute approximate surface area is 77.6 Å². The van der Waals surface area contributed by atoms with Gasteiger partial charge in [0.05, 0.1) is 7.11 Å². The van der Waals surface area contributed by atoms with Gasteiger partial charge in [0.1, 0.15) is 0 Å². The monoisotopic (exact) mass is 185 g/mol. The first kappa shape index (κ1) is 14.0. The van der Waals surface area contributed by atoms with Gasteiger partial charge in [0.2, 0.25) is 0 Å². The standard InChI is InChI=1S/C6H7N.C3H6O2.H2O/c7-6-4-2-1-3-5-6;1-3(4)5-2;/h1-5H,7H2;1-2H3;1H2. The number of nitrogen functional groups attached to an aromatic ring is 1. The summed E-state index contributed by atoms with van der Waals surface area (Å²) in [7, 11) is 1.35.